The van der Waals surface area contributed by atoms with Crippen LogP contribution in [0.5, 0.6) is 0 Å². The van der Waals surface area contributed by atoms with E-state index in [4.69, 9.17) is 10.8 Å². The van der Waals surface area contributed by atoms with Crippen molar-refractivity contribution in [1.29, 1.82) is 0 Å². The van der Waals surface area contributed by atoms with Gasteiger partial charge in [-0.05, 0) is 39.0 Å². The summed E-state index contributed by atoms with van der Waals surface area (Å²) < 4.78 is 0. The fourth-order valence-electron chi connectivity index (χ4n) is 1.78. The zero-order valence-corrected chi connectivity index (χ0v) is 9.66. The Balaban J connectivity index is 2.20. The molecule has 0 bridgehead atoms. The maximum absolute atomic E-state index is 11.7. The van der Waals surface area contributed by atoms with Gasteiger partial charge in [0.2, 0.25) is 5.91 Å². The molecule has 0 heterocycles. The molecule has 5 nitrogen and oxygen atoms in total. The Morgan fingerprint density at radius 3 is 2.56 bits per heavy atom. The van der Waals surface area contributed by atoms with Crippen molar-refractivity contribution in [2.75, 3.05) is 0 Å². The molecule has 4 N–H and O–H groups in total. The minimum atomic E-state index is -0.798. The highest BCUT2D eigenvalue weighted by Crippen LogP contribution is 2.29. The third kappa shape index (κ3) is 3.48. The van der Waals surface area contributed by atoms with Crippen LogP contribution in [0.15, 0.2) is 0 Å². The van der Waals surface area contributed by atoms with Gasteiger partial charge in [-0.15, -0.1) is 0 Å². The molecule has 1 aliphatic carbocycles. The van der Waals surface area contributed by atoms with Gasteiger partial charge in [0.25, 0.3) is 0 Å². The van der Waals surface area contributed by atoms with Gasteiger partial charge >= 0.3 is 5.97 Å². The van der Waals surface area contributed by atoms with E-state index in [1.165, 1.54) is 0 Å². The molecular formula is C11H20N2O3. The number of rotatable bonds is 6. The maximum atomic E-state index is 11.7. The number of aliphatic carboxylic acids is 1. The summed E-state index contributed by atoms with van der Waals surface area (Å²) in [4.78, 5) is 22.0. The van der Waals surface area contributed by atoms with Crippen molar-refractivity contribution in [2.45, 2.75) is 57.0 Å². The first kappa shape index (κ1) is 13.0. The first-order chi connectivity index (χ1) is 7.44. The number of carbonyl (C=O) groups excluding carboxylic acids is 1. The molecule has 0 radical (unpaired) electrons. The van der Waals surface area contributed by atoms with Crippen molar-refractivity contribution < 1.29 is 14.7 Å². The molecule has 1 amide bonds. The topological polar surface area (TPSA) is 92.4 Å². The van der Waals surface area contributed by atoms with Gasteiger partial charge in [-0.1, -0.05) is 0 Å². The summed E-state index contributed by atoms with van der Waals surface area (Å²) in [5.74, 6) is -0.894. The van der Waals surface area contributed by atoms with Gasteiger partial charge in [0.1, 0.15) is 0 Å². The SMILES string of the molecule is CC(CCCC(=O)O)NC(=O)C1(N)CCC1. The Bertz CT molecular complexity index is 274. The van der Waals surface area contributed by atoms with Crippen LogP contribution in [0, 0.1) is 0 Å². The zero-order chi connectivity index (χ0) is 12.2. The smallest absolute Gasteiger partial charge is 0.303 e. The van der Waals surface area contributed by atoms with E-state index < -0.39 is 11.5 Å². The standard InChI is InChI=1S/C11H20N2O3/c1-8(4-2-5-9(14)15)13-10(16)11(12)6-3-7-11/h8H,2-7,12H2,1H3,(H,13,16)(H,14,15). The highest BCUT2D eigenvalue weighted by molar-refractivity contribution is 5.87. The lowest BCUT2D eigenvalue weighted by atomic mass is 9.77. The number of hydrogen-bond donors (Lipinski definition) is 3. The van der Waals surface area contributed by atoms with Crippen LogP contribution in [0.4, 0.5) is 0 Å². The molecule has 0 aliphatic heterocycles. The second kappa shape index (κ2) is 5.30. The van der Waals surface area contributed by atoms with Crippen LogP contribution in [-0.4, -0.2) is 28.6 Å². The predicted octanol–water partition coefficient (Wildman–Crippen LogP) is 0.627. The largest absolute Gasteiger partial charge is 0.481 e. The quantitative estimate of drug-likeness (QED) is 0.621. The third-order valence-electron chi connectivity index (χ3n) is 3.10. The van der Waals surface area contributed by atoms with Crippen LogP contribution in [0.2, 0.25) is 0 Å². The zero-order valence-electron chi connectivity index (χ0n) is 9.66. The Morgan fingerprint density at radius 1 is 1.50 bits per heavy atom. The first-order valence-electron chi connectivity index (χ1n) is 5.76. The molecule has 1 fully saturated rings. The number of carbonyl (C=O) groups is 2. The molecule has 1 rings (SSSR count). The number of nitrogens with two attached hydrogens (primary N) is 1. The van der Waals surface area contributed by atoms with E-state index in [-0.39, 0.29) is 18.4 Å². The molecule has 0 aromatic heterocycles. The normalized spacial score (nSPS) is 19.6. The van der Waals surface area contributed by atoms with Gasteiger partial charge in [0, 0.05) is 12.5 Å². The highest BCUT2D eigenvalue weighted by Gasteiger charge is 2.40. The molecule has 0 spiro atoms. The van der Waals surface area contributed by atoms with E-state index in [2.05, 4.69) is 5.32 Å². The van der Waals surface area contributed by atoms with Crippen LogP contribution in [-0.2, 0) is 9.59 Å². The molecule has 0 saturated heterocycles. The fourth-order valence-corrected chi connectivity index (χ4v) is 1.78. The Morgan fingerprint density at radius 2 is 2.12 bits per heavy atom. The van der Waals surface area contributed by atoms with E-state index in [9.17, 15) is 9.59 Å². The maximum Gasteiger partial charge on any atom is 0.303 e. The van der Waals surface area contributed by atoms with Crippen LogP contribution in [0.1, 0.15) is 45.4 Å². The van der Waals surface area contributed by atoms with E-state index >= 15 is 0 Å². The Labute approximate surface area is 95.4 Å². The van der Waals surface area contributed by atoms with E-state index in [0.29, 0.717) is 12.8 Å². The number of carboxylic acid groups (broad SMARTS) is 1. The Hall–Kier alpha value is -1.10. The predicted molar refractivity (Wildman–Crippen MR) is 59.9 cm³/mol. The van der Waals surface area contributed by atoms with E-state index in [0.717, 1.165) is 19.3 Å². The van der Waals surface area contributed by atoms with Gasteiger partial charge in [-0.3, -0.25) is 9.59 Å². The van der Waals surface area contributed by atoms with Crippen molar-refractivity contribution in [2.24, 2.45) is 5.73 Å². The summed E-state index contributed by atoms with van der Waals surface area (Å²) in [6.07, 6.45) is 3.91. The average molecular weight is 228 g/mol. The highest BCUT2D eigenvalue weighted by atomic mass is 16.4. The monoisotopic (exact) mass is 228 g/mol. The third-order valence-corrected chi connectivity index (χ3v) is 3.10. The van der Waals surface area contributed by atoms with Crippen LogP contribution in [0.3, 0.4) is 0 Å². The number of nitrogens with one attached hydrogen (secondary N) is 1. The average Bonchev–Trinajstić information content (AvgIpc) is 2.13. The van der Waals surface area contributed by atoms with Gasteiger partial charge in [0.15, 0.2) is 0 Å². The summed E-state index contributed by atoms with van der Waals surface area (Å²) >= 11 is 0. The summed E-state index contributed by atoms with van der Waals surface area (Å²) in [7, 11) is 0. The summed E-state index contributed by atoms with van der Waals surface area (Å²) in [5, 5.41) is 11.3. The lowest BCUT2D eigenvalue weighted by Gasteiger charge is -2.37. The number of hydrogen-bond acceptors (Lipinski definition) is 3. The molecular weight excluding hydrogens is 208 g/mol. The molecule has 1 atom stereocenters. The fraction of sp³-hybridized carbons (Fsp3) is 0.818. The van der Waals surface area contributed by atoms with Crippen LogP contribution >= 0.6 is 0 Å². The number of carboxylic acids is 1. The second-order valence-electron chi connectivity index (χ2n) is 4.67. The van der Waals surface area contributed by atoms with Gasteiger partial charge in [-0.25, -0.2) is 0 Å². The lowest BCUT2D eigenvalue weighted by molar-refractivity contribution is -0.137. The van der Waals surface area contributed by atoms with E-state index in [1.807, 2.05) is 6.92 Å². The minimum absolute atomic E-state index is 0.00660. The minimum Gasteiger partial charge on any atom is -0.481 e. The first-order valence-corrected chi connectivity index (χ1v) is 5.76. The molecule has 16 heavy (non-hydrogen) atoms. The van der Waals surface area contributed by atoms with E-state index in [1.54, 1.807) is 0 Å². The lowest BCUT2D eigenvalue weighted by Crippen LogP contribution is -2.59. The molecule has 0 aromatic carbocycles. The molecule has 0 aromatic rings. The summed E-state index contributed by atoms with van der Waals surface area (Å²) in [5.41, 5.74) is 5.20. The van der Waals surface area contributed by atoms with Crippen molar-refractivity contribution in [3.05, 3.63) is 0 Å². The second-order valence-corrected chi connectivity index (χ2v) is 4.67. The molecule has 1 aliphatic rings. The van der Waals surface area contributed by atoms with Crippen molar-refractivity contribution in [3.8, 4) is 0 Å². The molecule has 1 unspecified atom stereocenters. The van der Waals surface area contributed by atoms with Gasteiger partial charge in [-0.2, -0.15) is 0 Å². The summed E-state index contributed by atoms with van der Waals surface area (Å²) in [6.45, 7) is 1.88. The summed E-state index contributed by atoms with van der Waals surface area (Å²) in [6, 6.07) is -0.00660. The van der Waals surface area contributed by atoms with Crippen molar-refractivity contribution in [3.63, 3.8) is 0 Å². The molecule has 1 saturated carbocycles. The molecule has 92 valence electrons. The van der Waals surface area contributed by atoms with Crippen LogP contribution in [0.25, 0.3) is 0 Å². The van der Waals surface area contributed by atoms with Crippen LogP contribution < -0.4 is 11.1 Å². The van der Waals surface area contributed by atoms with Crippen molar-refractivity contribution >= 4 is 11.9 Å². The van der Waals surface area contributed by atoms with Crippen molar-refractivity contribution in [1.82, 2.24) is 5.32 Å². The number of amides is 1. The van der Waals surface area contributed by atoms with Gasteiger partial charge < -0.3 is 16.2 Å². The molecule has 5 heteroatoms. The Kier molecular flexibility index (Phi) is 4.29. The van der Waals surface area contributed by atoms with Gasteiger partial charge in [0.05, 0.1) is 5.54 Å².